The Bertz CT molecular complexity index is 1650. The number of hydrogen-bond acceptors (Lipinski definition) is 7. The summed E-state index contributed by atoms with van der Waals surface area (Å²) in [4.78, 5) is 68.2. The molecule has 0 saturated carbocycles. The molecule has 0 aliphatic carbocycles. The molecule has 7 rings (SSSR count). The highest BCUT2D eigenvalue weighted by Crippen LogP contribution is 2.28. The van der Waals surface area contributed by atoms with Crippen molar-refractivity contribution in [2.45, 2.75) is 88.1 Å². The molecule has 2 aromatic rings. The van der Waals surface area contributed by atoms with Gasteiger partial charge in [-0.05, 0) is 83.8 Å². The van der Waals surface area contributed by atoms with Crippen LogP contribution in [0.4, 0.5) is 15.3 Å². The number of anilines is 1. The van der Waals surface area contributed by atoms with Gasteiger partial charge in [-0.25, -0.2) is 19.2 Å². The van der Waals surface area contributed by atoms with Crippen molar-refractivity contribution in [1.82, 2.24) is 14.7 Å². The third-order valence-electron chi connectivity index (χ3n) is 10.9. The second-order valence-corrected chi connectivity index (χ2v) is 14.8. The third kappa shape index (κ3) is 8.25. The van der Waals surface area contributed by atoms with Gasteiger partial charge in [0.05, 0.1) is 23.5 Å². The predicted molar refractivity (Wildman–Crippen MR) is 188 cm³/mol. The van der Waals surface area contributed by atoms with Crippen molar-refractivity contribution in [3.63, 3.8) is 0 Å². The molecule has 0 radical (unpaired) electrons. The number of halogens is 1. The second-order valence-electron chi connectivity index (χ2n) is 13.9. The van der Waals surface area contributed by atoms with Crippen molar-refractivity contribution < 1.29 is 48.9 Å². The lowest BCUT2D eigenvalue weighted by molar-refractivity contribution is -1.02. The molecule has 274 valence electrons. The first kappa shape index (κ1) is 36.4. The fourth-order valence-corrected chi connectivity index (χ4v) is 8.21. The monoisotopic (exact) mass is 770 g/mol. The Balaban J connectivity index is 0.000000428. The summed E-state index contributed by atoms with van der Waals surface area (Å²) in [6, 6.07) is 12.0. The van der Waals surface area contributed by atoms with Crippen LogP contribution in [0, 0.1) is 0 Å². The van der Waals surface area contributed by atoms with E-state index in [2.05, 4.69) is 21.2 Å². The quantitative estimate of drug-likeness (QED) is 0.283. The molecule has 4 fully saturated rings. The van der Waals surface area contributed by atoms with Crippen molar-refractivity contribution >= 4 is 51.6 Å². The molecule has 14 nitrogen and oxygen atoms in total. The number of ether oxygens (including phenoxy) is 1. The molecular weight excluding hydrogens is 726 g/mol. The van der Waals surface area contributed by atoms with E-state index >= 15 is 0 Å². The summed E-state index contributed by atoms with van der Waals surface area (Å²) in [5.41, 5.74) is 2.55. The topological polar surface area (TPSA) is 181 Å². The van der Waals surface area contributed by atoms with Crippen LogP contribution in [0.3, 0.4) is 0 Å². The van der Waals surface area contributed by atoms with E-state index in [1.165, 1.54) is 22.3 Å². The number of hydrogen-bond donors (Lipinski definition) is 5. The molecule has 5 aliphatic heterocycles. The molecule has 5 atom stereocenters. The molecule has 5 N–H and O–H groups in total. The molecular formula is C36H45BrN5O9+. The van der Waals surface area contributed by atoms with E-state index < -0.39 is 36.1 Å². The number of phenols is 1. The van der Waals surface area contributed by atoms with Gasteiger partial charge in [0, 0.05) is 50.7 Å². The number of aromatic hydroxyl groups is 1. The van der Waals surface area contributed by atoms with Gasteiger partial charge in [-0.1, -0.05) is 24.3 Å². The number of carboxylic acid groups (broad SMARTS) is 2. The summed E-state index contributed by atoms with van der Waals surface area (Å²) < 4.78 is 6.24. The van der Waals surface area contributed by atoms with Crippen molar-refractivity contribution in [1.29, 1.82) is 0 Å². The lowest BCUT2D eigenvalue weighted by Gasteiger charge is -2.49. The average Bonchev–Trinajstić information content (AvgIpc) is 3.28. The zero-order chi connectivity index (χ0) is 36.2. The molecule has 2 aromatic carbocycles. The molecule has 4 saturated heterocycles. The first-order chi connectivity index (χ1) is 24.5. The number of quaternary nitrogens is 1. The number of rotatable bonds is 7. The maximum atomic E-state index is 13.7. The average molecular weight is 772 g/mol. The SMILES string of the molecule is O=C(O)C1CC2CC[NH+]21.O=C(O)C1CCCCN1C(=O)[C@@H](Cc1ccc(O)c(Br)c1)OC(=O)N1CCC(N2CCc3ccccc3NC2=O)CC1. The number of nitrogens with one attached hydrogen (secondary N) is 2. The zero-order valence-corrected chi connectivity index (χ0v) is 29.9. The first-order valence-corrected chi connectivity index (χ1v) is 18.5. The van der Waals surface area contributed by atoms with E-state index in [0.29, 0.717) is 67.8 Å². The Kier molecular flexibility index (Phi) is 11.3. The summed E-state index contributed by atoms with van der Waals surface area (Å²) in [6.07, 6.45) is 3.89. The van der Waals surface area contributed by atoms with Gasteiger partial charge in [-0.3, -0.25) is 4.79 Å². The Morgan fingerprint density at radius 3 is 2.35 bits per heavy atom. The van der Waals surface area contributed by atoms with Crippen LogP contribution in [0.1, 0.15) is 56.1 Å². The van der Waals surface area contributed by atoms with E-state index in [0.717, 1.165) is 30.6 Å². The van der Waals surface area contributed by atoms with Gasteiger partial charge in [0.1, 0.15) is 11.8 Å². The maximum Gasteiger partial charge on any atom is 0.410 e. The van der Waals surface area contributed by atoms with Crippen molar-refractivity contribution in [3.8, 4) is 5.75 Å². The van der Waals surface area contributed by atoms with Crippen molar-refractivity contribution in [2.75, 3.05) is 38.0 Å². The number of carbonyl (C=O) groups is 5. The van der Waals surface area contributed by atoms with E-state index in [4.69, 9.17) is 9.84 Å². The number of piperidine rings is 3. The Morgan fingerprint density at radius 1 is 0.961 bits per heavy atom. The van der Waals surface area contributed by atoms with Crippen LogP contribution in [0.2, 0.25) is 0 Å². The number of likely N-dealkylation sites (tertiary alicyclic amines) is 2. The number of carboxylic acids is 2. The molecule has 5 heterocycles. The van der Waals surface area contributed by atoms with Crippen LogP contribution < -0.4 is 10.2 Å². The summed E-state index contributed by atoms with van der Waals surface area (Å²) in [6.45, 7) is 2.65. The van der Waals surface area contributed by atoms with Gasteiger partial charge in [0.2, 0.25) is 0 Å². The maximum absolute atomic E-state index is 13.7. The van der Waals surface area contributed by atoms with E-state index in [9.17, 15) is 34.2 Å². The van der Waals surface area contributed by atoms with Crippen LogP contribution in [-0.2, 0) is 32.0 Å². The van der Waals surface area contributed by atoms with Gasteiger partial charge in [0.15, 0.2) is 12.1 Å². The standard InChI is InChI=1S/C30H35BrN4O7.C6H9NO2/c31-22-17-19(8-9-25(22)36)18-26(27(37)35-13-4-3-7-24(35)28(38)39)42-30(41)33-14-11-21(12-15-33)34-16-10-20-5-1-2-6-23(20)32-29(34)40;8-6(9)5-3-4-1-2-7(4)5/h1-2,5-6,8-9,17,21,24,26,36H,3-4,7,10-16,18H2,(H,32,40)(H,38,39);4-5H,1-3H2,(H,8,9)/p+1/t24?,26-;/m1./s1. The molecule has 4 unspecified atom stereocenters. The smallest absolute Gasteiger partial charge is 0.410 e. The molecule has 0 aromatic heterocycles. The number of aliphatic carboxylic acids is 2. The number of para-hydroxylation sites is 1. The number of phenolic OH excluding ortho intramolecular Hbond substituents is 1. The normalized spacial score (nSPS) is 24.9. The third-order valence-corrected chi connectivity index (χ3v) is 11.5. The fraction of sp³-hybridized carbons (Fsp3) is 0.528. The minimum Gasteiger partial charge on any atom is -0.507 e. The van der Waals surface area contributed by atoms with E-state index in [1.54, 1.807) is 17.0 Å². The molecule has 0 spiro atoms. The largest absolute Gasteiger partial charge is 0.507 e. The summed E-state index contributed by atoms with van der Waals surface area (Å²) in [7, 11) is 0. The number of carbonyl (C=O) groups excluding carboxylic acids is 3. The Morgan fingerprint density at radius 2 is 1.73 bits per heavy atom. The van der Waals surface area contributed by atoms with Crippen LogP contribution in [0.25, 0.3) is 0 Å². The number of nitrogens with zero attached hydrogens (tertiary/aromatic N) is 3. The number of fused-ring (bicyclic) bond motifs is 2. The number of benzene rings is 2. The lowest BCUT2D eigenvalue weighted by atomic mass is 9.83. The molecule has 5 aliphatic rings. The number of urea groups is 1. The number of amides is 4. The Labute approximate surface area is 304 Å². The van der Waals surface area contributed by atoms with Crippen LogP contribution in [0.5, 0.6) is 5.75 Å². The second kappa shape index (κ2) is 15.9. The van der Waals surface area contributed by atoms with Gasteiger partial charge in [-0.2, -0.15) is 0 Å². The highest BCUT2D eigenvalue weighted by Gasteiger charge is 2.53. The highest BCUT2D eigenvalue weighted by molar-refractivity contribution is 9.10. The minimum atomic E-state index is -1.23. The minimum absolute atomic E-state index is 0.0251. The van der Waals surface area contributed by atoms with Crippen molar-refractivity contribution in [2.24, 2.45) is 0 Å². The van der Waals surface area contributed by atoms with Crippen molar-refractivity contribution in [3.05, 3.63) is 58.1 Å². The van der Waals surface area contributed by atoms with Gasteiger partial charge in [-0.15, -0.1) is 0 Å². The van der Waals surface area contributed by atoms with Crippen LogP contribution in [0.15, 0.2) is 46.9 Å². The van der Waals surface area contributed by atoms with E-state index in [-0.39, 0.29) is 36.8 Å². The fourth-order valence-electron chi connectivity index (χ4n) is 7.78. The summed E-state index contributed by atoms with van der Waals surface area (Å²) in [5, 5.41) is 31.1. The Hall–Kier alpha value is -4.37. The van der Waals surface area contributed by atoms with Gasteiger partial charge in [0.25, 0.3) is 5.91 Å². The first-order valence-electron chi connectivity index (χ1n) is 17.7. The zero-order valence-electron chi connectivity index (χ0n) is 28.3. The molecule has 4 amide bonds. The van der Waals surface area contributed by atoms with Crippen LogP contribution >= 0.6 is 15.9 Å². The van der Waals surface area contributed by atoms with Gasteiger partial charge >= 0.3 is 24.1 Å². The molecule has 51 heavy (non-hydrogen) atoms. The van der Waals surface area contributed by atoms with E-state index in [1.807, 2.05) is 29.2 Å². The highest BCUT2D eigenvalue weighted by atomic mass is 79.9. The van der Waals surface area contributed by atoms with Crippen LogP contribution in [-0.4, -0.2) is 123 Å². The lowest BCUT2D eigenvalue weighted by Crippen LogP contribution is -3.32. The predicted octanol–water partition coefficient (Wildman–Crippen LogP) is 2.72. The summed E-state index contributed by atoms with van der Waals surface area (Å²) >= 11 is 3.28. The summed E-state index contributed by atoms with van der Waals surface area (Å²) in [5.74, 6) is -2.20. The molecule has 15 heteroatoms. The van der Waals surface area contributed by atoms with Gasteiger partial charge < -0.3 is 45.0 Å². The molecule has 0 bridgehead atoms.